The molecule has 1 aromatic heterocycles. The van der Waals surface area contributed by atoms with Crippen LogP contribution in [0, 0.1) is 0 Å². The summed E-state index contributed by atoms with van der Waals surface area (Å²) < 4.78 is 5.28. The maximum absolute atomic E-state index is 5.99. The number of hydrogen-bond donors (Lipinski definition) is 1. The van der Waals surface area contributed by atoms with Crippen molar-refractivity contribution in [3.63, 3.8) is 0 Å². The molecule has 0 bridgehead atoms. The third-order valence-corrected chi connectivity index (χ3v) is 2.69. The Balaban J connectivity index is 2.19. The van der Waals surface area contributed by atoms with Crippen molar-refractivity contribution in [2.75, 3.05) is 5.32 Å². The second kappa shape index (κ2) is 5.12. The normalized spacial score (nSPS) is 12.5. The fraction of sp³-hybridized carbons (Fsp3) is 0.200. The zero-order chi connectivity index (χ0) is 12.4. The lowest BCUT2D eigenvalue weighted by Gasteiger charge is -2.03. The standard InChI is InChI=1S/C10H8Cl3N3O/c1-5(11)9-15-16-10(17-9)14-8-3-2-6(12)4-7(8)13/h2-5H,1H3,(H,14,16). The molecule has 0 aliphatic carbocycles. The number of nitrogens with one attached hydrogen (secondary N) is 1. The summed E-state index contributed by atoms with van der Waals surface area (Å²) >= 11 is 17.6. The van der Waals surface area contributed by atoms with Crippen LogP contribution >= 0.6 is 34.8 Å². The van der Waals surface area contributed by atoms with Crippen LogP contribution < -0.4 is 5.32 Å². The summed E-state index contributed by atoms with van der Waals surface area (Å²) in [5, 5.41) is 11.1. The summed E-state index contributed by atoms with van der Waals surface area (Å²) in [6.45, 7) is 1.74. The van der Waals surface area contributed by atoms with Crippen LogP contribution in [0.15, 0.2) is 22.6 Å². The molecule has 1 atom stereocenters. The molecule has 2 rings (SSSR count). The first kappa shape index (κ1) is 12.5. The van der Waals surface area contributed by atoms with Crippen LogP contribution in [0.1, 0.15) is 18.2 Å². The van der Waals surface area contributed by atoms with Crippen LogP contribution in [0.5, 0.6) is 0 Å². The van der Waals surface area contributed by atoms with Crippen molar-refractivity contribution in [2.24, 2.45) is 0 Å². The molecular formula is C10H8Cl3N3O. The average Bonchev–Trinajstić information content (AvgIpc) is 2.71. The van der Waals surface area contributed by atoms with E-state index in [0.717, 1.165) is 0 Å². The van der Waals surface area contributed by atoms with Crippen LogP contribution in [0.4, 0.5) is 11.7 Å². The molecular weight excluding hydrogens is 284 g/mol. The molecule has 0 radical (unpaired) electrons. The third-order valence-electron chi connectivity index (χ3n) is 1.95. The van der Waals surface area contributed by atoms with E-state index in [-0.39, 0.29) is 11.4 Å². The van der Waals surface area contributed by atoms with E-state index in [1.807, 2.05) is 0 Å². The highest BCUT2D eigenvalue weighted by molar-refractivity contribution is 6.36. The van der Waals surface area contributed by atoms with Crippen LogP contribution in [-0.2, 0) is 0 Å². The first-order valence-corrected chi connectivity index (χ1v) is 5.95. The molecule has 0 amide bonds. The van der Waals surface area contributed by atoms with Crippen molar-refractivity contribution in [2.45, 2.75) is 12.3 Å². The molecule has 0 aliphatic heterocycles. The third kappa shape index (κ3) is 3.03. The minimum Gasteiger partial charge on any atom is -0.406 e. The van der Waals surface area contributed by atoms with Crippen LogP contribution in [0.25, 0.3) is 0 Å². The smallest absolute Gasteiger partial charge is 0.320 e. The van der Waals surface area contributed by atoms with E-state index in [4.69, 9.17) is 39.2 Å². The Morgan fingerprint density at radius 1 is 1.29 bits per heavy atom. The lowest BCUT2D eigenvalue weighted by molar-refractivity contribution is 0.510. The summed E-state index contributed by atoms with van der Waals surface area (Å²) in [4.78, 5) is 0. The topological polar surface area (TPSA) is 51.0 Å². The first-order chi connectivity index (χ1) is 8.06. The molecule has 7 heteroatoms. The highest BCUT2D eigenvalue weighted by Crippen LogP contribution is 2.28. The predicted molar refractivity (Wildman–Crippen MR) is 68.3 cm³/mol. The zero-order valence-corrected chi connectivity index (χ0v) is 11.0. The van der Waals surface area contributed by atoms with Crippen molar-refractivity contribution in [3.8, 4) is 0 Å². The average molecular weight is 293 g/mol. The molecule has 1 N–H and O–H groups in total. The zero-order valence-electron chi connectivity index (χ0n) is 8.75. The molecule has 1 aromatic carbocycles. The van der Waals surface area contributed by atoms with Gasteiger partial charge >= 0.3 is 6.01 Å². The Labute approximate surface area is 113 Å². The van der Waals surface area contributed by atoms with Crippen molar-refractivity contribution in [3.05, 3.63) is 34.1 Å². The van der Waals surface area contributed by atoms with Crippen LogP contribution in [-0.4, -0.2) is 10.2 Å². The first-order valence-electron chi connectivity index (χ1n) is 4.76. The summed E-state index contributed by atoms with van der Waals surface area (Å²) in [6, 6.07) is 5.28. The molecule has 1 unspecified atom stereocenters. The van der Waals surface area contributed by atoms with Gasteiger partial charge in [-0.05, 0) is 25.1 Å². The van der Waals surface area contributed by atoms with E-state index in [2.05, 4.69) is 15.5 Å². The molecule has 2 aromatic rings. The van der Waals surface area contributed by atoms with Gasteiger partial charge in [0.25, 0.3) is 0 Å². The number of aromatic nitrogens is 2. The predicted octanol–water partition coefficient (Wildman–Crippen LogP) is 4.42. The molecule has 90 valence electrons. The number of alkyl halides is 1. The fourth-order valence-corrected chi connectivity index (χ4v) is 1.70. The van der Waals surface area contributed by atoms with Gasteiger partial charge in [-0.2, -0.15) is 0 Å². The summed E-state index contributed by atoms with van der Waals surface area (Å²) in [5.74, 6) is 0.347. The van der Waals surface area contributed by atoms with Gasteiger partial charge in [0.15, 0.2) is 0 Å². The summed E-state index contributed by atoms with van der Waals surface area (Å²) in [7, 11) is 0. The van der Waals surface area contributed by atoms with Crippen molar-refractivity contribution < 1.29 is 4.42 Å². The van der Waals surface area contributed by atoms with Gasteiger partial charge in [0.1, 0.15) is 5.38 Å². The van der Waals surface area contributed by atoms with Crippen molar-refractivity contribution >= 4 is 46.5 Å². The maximum atomic E-state index is 5.99. The molecule has 0 fully saturated rings. The molecule has 17 heavy (non-hydrogen) atoms. The summed E-state index contributed by atoms with van der Waals surface area (Å²) in [5.41, 5.74) is 0.633. The van der Waals surface area contributed by atoms with E-state index < -0.39 is 0 Å². The van der Waals surface area contributed by atoms with Gasteiger partial charge in [0.2, 0.25) is 5.89 Å². The summed E-state index contributed by atoms with van der Waals surface area (Å²) in [6.07, 6.45) is 0. The van der Waals surface area contributed by atoms with Gasteiger partial charge in [-0.1, -0.05) is 28.3 Å². The minimum absolute atomic E-state index is 0.233. The molecule has 4 nitrogen and oxygen atoms in total. The van der Waals surface area contributed by atoms with E-state index in [9.17, 15) is 0 Å². The highest BCUT2D eigenvalue weighted by atomic mass is 35.5. The second-order valence-corrected chi connectivity index (χ2v) is 4.81. The highest BCUT2D eigenvalue weighted by Gasteiger charge is 2.12. The molecule has 0 spiro atoms. The largest absolute Gasteiger partial charge is 0.406 e. The van der Waals surface area contributed by atoms with Gasteiger partial charge in [0, 0.05) is 5.02 Å². The van der Waals surface area contributed by atoms with Gasteiger partial charge in [-0.3, -0.25) is 0 Å². The van der Waals surface area contributed by atoms with Gasteiger partial charge in [-0.25, -0.2) is 0 Å². The van der Waals surface area contributed by atoms with E-state index in [1.165, 1.54) is 0 Å². The van der Waals surface area contributed by atoms with E-state index >= 15 is 0 Å². The van der Waals surface area contributed by atoms with Crippen molar-refractivity contribution in [1.29, 1.82) is 0 Å². The Bertz CT molecular complexity index is 527. The lowest BCUT2D eigenvalue weighted by Crippen LogP contribution is -1.91. The maximum Gasteiger partial charge on any atom is 0.320 e. The minimum atomic E-state index is -0.335. The SMILES string of the molecule is CC(Cl)c1nnc(Nc2ccc(Cl)cc2Cl)o1. The second-order valence-electron chi connectivity index (χ2n) is 3.31. The van der Waals surface area contributed by atoms with Crippen LogP contribution in [0.2, 0.25) is 10.0 Å². The number of benzene rings is 1. The van der Waals surface area contributed by atoms with Gasteiger partial charge in [0.05, 0.1) is 10.7 Å². The Morgan fingerprint density at radius 2 is 2.06 bits per heavy atom. The van der Waals surface area contributed by atoms with Crippen molar-refractivity contribution in [1.82, 2.24) is 10.2 Å². The fourth-order valence-electron chi connectivity index (χ4n) is 1.15. The molecule has 0 saturated carbocycles. The Hall–Kier alpha value is -0.970. The van der Waals surface area contributed by atoms with Crippen LogP contribution in [0.3, 0.4) is 0 Å². The monoisotopic (exact) mass is 291 g/mol. The van der Waals surface area contributed by atoms with E-state index in [0.29, 0.717) is 21.6 Å². The van der Waals surface area contributed by atoms with Gasteiger partial charge in [-0.15, -0.1) is 16.7 Å². The molecule has 1 heterocycles. The number of anilines is 2. The lowest BCUT2D eigenvalue weighted by atomic mass is 10.3. The van der Waals surface area contributed by atoms with E-state index in [1.54, 1.807) is 25.1 Å². The quantitative estimate of drug-likeness (QED) is 0.851. The number of hydrogen-bond acceptors (Lipinski definition) is 4. The molecule has 0 aliphatic rings. The van der Waals surface area contributed by atoms with Gasteiger partial charge < -0.3 is 9.73 Å². The number of nitrogens with zero attached hydrogens (tertiary/aromatic N) is 2. The number of rotatable bonds is 3. The molecule has 0 saturated heterocycles. The Morgan fingerprint density at radius 3 is 2.65 bits per heavy atom. The number of halogens is 3. The Kier molecular flexibility index (Phi) is 3.76.